The van der Waals surface area contributed by atoms with Crippen LogP contribution in [0.1, 0.15) is 64.7 Å². The topological polar surface area (TPSA) is 3.24 Å². The molecular formula is C18H35NSi. The molecule has 3 saturated carbocycles. The van der Waals surface area contributed by atoms with Crippen LogP contribution in [-0.4, -0.2) is 25.9 Å². The molecule has 3 rings (SSSR count). The van der Waals surface area contributed by atoms with Gasteiger partial charge in [-0.3, -0.25) is 0 Å². The van der Waals surface area contributed by atoms with Crippen LogP contribution in [-0.2, 0) is 0 Å². The van der Waals surface area contributed by atoms with Crippen molar-refractivity contribution in [3.8, 4) is 0 Å². The lowest BCUT2D eigenvalue weighted by molar-refractivity contribution is 0.252. The van der Waals surface area contributed by atoms with Crippen LogP contribution in [0.3, 0.4) is 0 Å². The van der Waals surface area contributed by atoms with Gasteiger partial charge in [0, 0.05) is 6.04 Å². The van der Waals surface area contributed by atoms with Crippen molar-refractivity contribution >= 4 is 8.24 Å². The fourth-order valence-corrected chi connectivity index (χ4v) is 10.1. The molecule has 0 amide bonds. The maximum Gasteiger partial charge on any atom is 0.125 e. The second-order valence-electron chi connectivity index (χ2n) is 8.74. The second kappa shape index (κ2) is 5.76. The molecule has 3 aliphatic rings. The summed E-state index contributed by atoms with van der Waals surface area (Å²) in [5.74, 6) is 3.18. The molecule has 20 heavy (non-hydrogen) atoms. The van der Waals surface area contributed by atoms with Gasteiger partial charge in [0.25, 0.3) is 0 Å². The lowest BCUT2D eigenvalue weighted by atomic mass is 9.81. The van der Waals surface area contributed by atoms with E-state index in [1.54, 1.807) is 25.7 Å². The van der Waals surface area contributed by atoms with Crippen LogP contribution in [0.25, 0.3) is 0 Å². The maximum absolute atomic E-state index is 2.93. The summed E-state index contributed by atoms with van der Waals surface area (Å²) >= 11 is 0. The van der Waals surface area contributed by atoms with Gasteiger partial charge in [0.2, 0.25) is 0 Å². The summed E-state index contributed by atoms with van der Waals surface area (Å²) in [4.78, 5) is 0. The number of rotatable bonds is 3. The first-order valence-electron chi connectivity index (χ1n) is 9.23. The molecule has 0 radical (unpaired) electrons. The summed E-state index contributed by atoms with van der Waals surface area (Å²) in [7, 11) is 1.24. The van der Waals surface area contributed by atoms with E-state index in [1.807, 2.05) is 0 Å². The molecule has 0 bridgehead atoms. The van der Waals surface area contributed by atoms with Gasteiger partial charge in [-0.1, -0.05) is 52.1 Å². The molecule has 0 aliphatic heterocycles. The summed E-state index contributed by atoms with van der Waals surface area (Å²) in [6.07, 6.45) is 13.6. The zero-order chi connectivity index (χ0) is 14.3. The fourth-order valence-electron chi connectivity index (χ4n) is 5.98. The minimum Gasteiger partial charge on any atom is -0.323 e. The van der Waals surface area contributed by atoms with Crippen LogP contribution in [0.5, 0.6) is 0 Å². The summed E-state index contributed by atoms with van der Waals surface area (Å²) in [5.41, 5.74) is 1.08. The third kappa shape index (κ3) is 2.63. The number of fused-ring (bicyclic) bond motifs is 1. The Hall–Kier alpha value is 0.177. The second-order valence-corrected chi connectivity index (χ2v) is 13.5. The lowest BCUT2D eigenvalue weighted by Gasteiger charge is -2.49. The van der Waals surface area contributed by atoms with Crippen LogP contribution in [0, 0.1) is 17.8 Å². The smallest absolute Gasteiger partial charge is 0.125 e. The van der Waals surface area contributed by atoms with E-state index < -0.39 is 8.24 Å². The Morgan fingerprint density at radius 2 is 1.60 bits per heavy atom. The molecule has 0 spiro atoms. The summed E-state index contributed by atoms with van der Waals surface area (Å²) in [6.45, 7) is 7.90. The molecule has 3 aliphatic carbocycles. The number of hydrogen-bond acceptors (Lipinski definition) is 1. The maximum atomic E-state index is 2.93. The van der Waals surface area contributed by atoms with Gasteiger partial charge in [0.1, 0.15) is 8.24 Å². The first-order chi connectivity index (χ1) is 9.50. The Labute approximate surface area is 127 Å². The van der Waals surface area contributed by atoms with Crippen LogP contribution < -0.4 is 0 Å². The highest BCUT2D eigenvalue weighted by molar-refractivity contribution is 6.76. The Kier molecular flexibility index (Phi) is 4.34. The molecule has 0 heterocycles. The van der Waals surface area contributed by atoms with E-state index in [9.17, 15) is 0 Å². The zero-order valence-electron chi connectivity index (χ0n) is 14.2. The van der Waals surface area contributed by atoms with Crippen molar-refractivity contribution < 1.29 is 0 Å². The quantitative estimate of drug-likeness (QED) is 0.640. The van der Waals surface area contributed by atoms with Gasteiger partial charge in [-0.05, 0) is 56.0 Å². The Bertz CT molecular complexity index is 334. The lowest BCUT2D eigenvalue weighted by Crippen LogP contribution is -2.56. The zero-order valence-corrected chi connectivity index (χ0v) is 15.2. The predicted molar refractivity (Wildman–Crippen MR) is 90.5 cm³/mol. The SMILES string of the molecule is CC1CC2CCCC([Si](C)(C)N(C)C3CCCC3)C2C1. The third-order valence-electron chi connectivity index (χ3n) is 7.28. The standard InChI is InChI=1S/C18H35NSi/c1-14-12-15-8-7-11-18(17(15)13-14)20(3,4)19(2)16-9-5-6-10-16/h14-18H,5-13H2,1-4H3. The molecule has 0 aromatic heterocycles. The largest absolute Gasteiger partial charge is 0.323 e. The highest BCUT2D eigenvalue weighted by atomic mass is 28.3. The Balaban J connectivity index is 1.75. The van der Waals surface area contributed by atoms with E-state index in [0.717, 1.165) is 29.3 Å². The van der Waals surface area contributed by atoms with E-state index in [0.29, 0.717) is 0 Å². The molecule has 0 N–H and O–H groups in total. The van der Waals surface area contributed by atoms with E-state index in [-0.39, 0.29) is 0 Å². The highest BCUT2D eigenvalue weighted by Gasteiger charge is 2.49. The van der Waals surface area contributed by atoms with Gasteiger partial charge in [-0.2, -0.15) is 0 Å². The van der Waals surface area contributed by atoms with Crippen molar-refractivity contribution in [1.82, 2.24) is 4.57 Å². The molecule has 0 aromatic carbocycles. The number of nitrogens with zero attached hydrogens (tertiary/aromatic N) is 1. The van der Waals surface area contributed by atoms with Crippen LogP contribution in [0.15, 0.2) is 0 Å². The van der Waals surface area contributed by atoms with E-state index in [1.165, 1.54) is 32.1 Å². The van der Waals surface area contributed by atoms with Gasteiger partial charge in [0.15, 0.2) is 0 Å². The van der Waals surface area contributed by atoms with Crippen LogP contribution in [0.4, 0.5) is 0 Å². The van der Waals surface area contributed by atoms with Crippen LogP contribution >= 0.6 is 0 Å². The summed E-state index contributed by atoms with van der Waals surface area (Å²) in [5, 5.41) is 0. The van der Waals surface area contributed by atoms with Gasteiger partial charge < -0.3 is 4.57 Å². The van der Waals surface area contributed by atoms with Crippen molar-refractivity contribution in [1.29, 1.82) is 0 Å². The van der Waals surface area contributed by atoms with Gasteiger partial charge >= 0.3 is 0 Å². The Morgan fingerprint density at radius 3 is 2.30 bits per heavy atom. The molecule has 1 nitrogen and oxygen atoms in total. The molecule has 4 unspecified atom stereocenters. The first-order valence-corrected chi connectivity index (χ1v) is 12.3. The molecule has 0 saturated heterocycles. The Morgan fingerprint density at radius 1 is 0.900 bits per heavy atom. The minimum atomic E-state index is -1.25. The van der Waals surface area contributed by atoms with Gasteiger partial charge in [0.05, 0.1) is 0 Å². The highest BCUT2D eigenvalue weighted by Crippen LogP contribution is 2.54. The van der Waals surface area contributed by atoms with Gasteiger partial charge in [-0.15, -0.1) is 0 Å². The number of hydrogen-bond donors (Lipinski definition) is 0. The molecular weight excluding hydrogens is 258 g/mol. The summed E-state index contributed by atoms with van der Waals surface area (Å²) < 4.78 is 2.93. The first kappa shape index (κ1) is 15.1. The van der Waals surface area contributed by atoms with Crippen molar-refractivity contribution in [2.45, 2.75) is 89.4 Å². The predicted octanol–water partition coefficient (Wildman–Crippen LogP) is 5.28. The fraction of sp³-hybridized carbons (Fsp3) is 1.00. The van der Waals surface area contributed by atoms with Crippen molar-refractivity contribution in [2.75, 3.05) is 7.05 Å². The monoisotopic (exact) mass is 293 g/mol. The normalized spacial score (nSPS) is 39.5. The van der Waals surface area contributed by atoms with Crippen LogP contribution in [0.2, 0.25) is 18.6 Å². The average molecular weight is 294 g/mol. The molecule has 3 fully saturated rings. The van der Waals surface area contributed by atoms with E-state index in [2.05, 4.69) is 31.6 Å². The molecule has 0 aromatic rings. The average Bonchev–Trinajstić information content (AvgIpc) is 3.04. The molecule has 2 heteroatoms. The van der Waals surface area contributed by atoms with Crippen molar-refractivity contribution in [3.63, 3.8) is 0 Å². The minimum absolute atomic E-state index is 0.927. The molecule has 4 atom stereocenters. The van der Waals surface area contributed by atoms with E-state index >= 15 is 0 Å². The van der Waals surface area contributed by atoms with Crippen molar-refractivity contribution in [2.24, 2.45) is 17.8 Å². The van der Waals surface area contributed by atoms with Gasteiger partial charge in [-0.25, -0.2) is 0 Å². The summed E-state index contributed by atoms with van der Waals surface area (Å²) in [6, 6.07) is 0.927. The molecule has 116 valence electrons. The van der Waals surface area contributed by atoms with E-state index in [4.69, 9.17) is 0 Å². The van der Waals surface area contributed by atoms with Crippen molar-refractivity contribution in [3.05, 3.63) is 0 Å². The third-order valence-corrected chi connectivity index (χ3v) is 12.0.